The molecule has 0 spiro atoms. The maximum atomic E-state index is 12.5. The molecule has 0 bridgehead atoms. The van der Waals surface area contributed by atoms with Crippen molar-refractivity contribution in [1.82, 2.24) is 5.32 Å². The second kappa shape index (κ2) is 9.31. The summed E-state index contributed by atoms with van der Waals surface area (Å²) in [6.07, 6.45) is 4.94. The highest BCUT2D eigenvalue weighted by Gasteiger charge is 2.22. The fourth-order valence-electron chi connectivity index (χ4n) is 3.79. The van der Waals surface area contributed by atoms with Crippen LogP contribution in [0.2, 0.25) is 0 Å². The molecule has 0 heterocycles. The molecular formula is C22H28N2O4S. The molecule has 7 heteroatoms. The number of carbonyl (C=O) groups excluding carboxylic acids is 1. The lowest BCUT2D eigenvalue weighted by atomic mass is 9.87. The first-order chi connectivity index (χ1) is 13.9. The zero-order valence-electron chi connectivity index (χ0n) is 16.9. The Bertz CT molecular complexity index is 942. The minimum Gasteiger partial charge on any atom is -0.497 e. The summed E-state index contributed by atoms with van der Waals surface area (Å²) >= 11 is 0. The number of nitrogens with one attached hydrogen (secondary N) is 1. The van der Waals surface area contributed by atoms with Crippen LogP contribution in [-0.4, -0.2) is 34.2 Å². The van der Waals surface area contributed by atoms with E-state index in [-0.39, 0.29) is 24.9 Å². The van der Waals surface area contributed by atoms with Crippen molar-refractivity contribution in [2.45, 2.75) is 38.1 Å². The summed E-state index contributed by atoms with van der Waals surface area (Å²) in [6.45, 7) is 0.250. The van der Waals surface area contributed by atoms with E-state index in [1.165, 1.54) is 21.7 Å². The average molecular weight is 417 g/mol. The van der Waals surface area contributed by atoms with Crippen LogP contribution >= 0.6 is 0 Å². The van der Waals surface area contributed by atoms with Crippen molar-refractivity contribution in [3.05, 3.63) is 59.7 Å². The van der Waals surface area contributed by atoms with Gasteiger partial charge in [0.1, 0.15) is 5.75 Å². The summed E-state index contributed by atoms with van der Waals surface area (Å²) in [4.78, 5) is 12.5. The number of amides is 1. The van der Waals surface area contributed by atoms with Crippen molar-refractivity contribution in [1.29, 1.82) is 0 Å². The fraction of sp³-hybridized carbons (Fsp3) is 0.409. The molecule has 0 radical (unpaired) electrons. The van der Waals surface area contributed by atoms with E-state index in [1.807, 2.05) is 12.1 Å². The lowest BCUT2D eigenvalue weighted by molar-refractivity contribution is -0.122. The standard InChI is InChI=1S/C22H28N2O4S/c1-28-19-14-12-18(13-15-19)24(29(2,26)27)16-6-11-22(25)23-21-10-5-8-17-7-3-4-9-20(17)21/h3-4,7,9,12-15,21H,5-6,8,10-11,16H2,1-2H3,(H,23,25)/t21-/m0/s1. The predicted octanol–water partition coefficient (Wildman–Crippen LogP) is 3.44. The van der Waals surface area contributed by atoms with Crippen molar-refractivity contribution >= 4 is 21.6 Å². The number of nitrogens with zero attached hydrogens (tertiary/aromatic N) is 1. The van der Waals surface area contributed by atoms with Gasteiger partial charge in [-0.1, -0.05) is 24.3 Å². The maximum Gasteiger partial charge on any atom is 0.232 e. The Morgan fingerprint density at radius 1 is 1.17 bits per heavy atom. The number of hydrogen-bond acceptors (Lipinski definition) is 4. The Hall–Kier alpha value is -2.54. The molecular weight excluding hydrogens is 388 g/mol. The van der Waals surface area contributed by atoms with E-state index in [9.17, 15) is 13.2 Å². The number of methoxy groups -OCH3 is 1. The van der Waals surface area contributed by atoms with Crippen molar-refractivity contribution in [3.63, 3.8) is 0 Å². The van der Waals surface area contributed by atoms with Crippen LogP contribution in [0, 0.1) is 0 Å². The predicted molar refractivity (Wildman–Crippen MR) is 115 cm³/mol. The smallest absolute Gasteiger partial charge is 0.232 e. The molecule has 1 aliphatic rings. The number of ether oxygens (including phenoxy) is 1. The van der Waals surface area contributed by atoms with Crippen molar-refractivity contribution in [2.24, 2.45) is 0 Å². The van der Waals surface area contributed by atoms with Crippen molar-refractivity contribution in [2.75, 3.05) is 24.2 Å². The van der Waals surface area contributed by atoms with Crippen LogP contribution in [0.4, 0.5) is 5.69 Å². The van der Waals surface area contributed by atoms with Crippen molar-refractivity contribution < 1.29 is 17.9 Å². The molecule has 0 saturated carbocycles. The summed E-state index contributed by atoms with van der Waals surface area (Å²) in [5.74, 6) is 0.615. The first-order valence-corrected chi connectivity index (χ1v) is 11.7. The number of anilines is 1. The molecule has 3 rings (SSSR count). The van der Waals surface area contributed by atoms with E-state index in [0.717, 1.165) is 19.3 Å². The van der Waals surface area contributed by atoms with E-state index >= 15 is 0 Å². The molecule has 156 valence electrons. The minimum atomic E-state index is -3.44. The quantitative estimate of drug-likeness (QED) is 0.715. The Kier molecular flexibility index (Phi) is 6.79. The third-order valence-corrected chi connectivity index (χ3v) is 6.42. The number of carbonyl (C=O) groups is 1. The zero-order chi connectivity index (χ0) is 20.9. The molecule has 6 nitrogen and oxygen atoms in total. The SMILES string of the molecule is COc1ccc(N(CCCC(=O)N[C@H]2CCCc3ccccc32)S(C)(=O)=O)cc1. The van der Waals surface area contributed by atoms with E-state index < -0.39 is 10.0 Å². The average Bonchev–Trinajstić information content (AvgIpc) is 2.71. The second-order valence-corrected chi connectivity index (χ2v) is 9.25. The molecule has 0 fully saturated rings. The summed E-state index contributed by atoms with van der Waals surface area (Å²) in [5, 5.41) is 3.12. The third kappa shape index (κ3) is 5.50. The molecule has 1 aliphatic carbocycles. The van der Waals surface area contributed by atoms with Gasteiger partial charge in [0.2, 0.25) is 15.9 Å². The van der Waals surface area contributed by atoms with Gasteiger partial charge < -0.3 is 10.1 Å². The van der Waals surface area contributed by atoms with E-state index in [0.29, 0.717) is 17.9 Å². The van der Waals surface area contributed by atoms with Crippen LogP contribution < -0.4 is 14.4 Å². The Morgan fingerprint density at radius 2 is 1.90 bits per heavy atom. The lowest BCUT2D eigenvalue weighted by Crippen LogP contribution is -2.33. The summed E-state index contributed by atoms with van der Waals surface area (Å²) in [5.41, 5.74) is 3.06. The van der Waals surface area contributed by atoms with E-state index in [1.54, 1.807) is 31.4 Å². The van der Waals surface area contributed by atoms with Gasteiger partial charge in [0, 0.05) is 13.0 Å². The van der Waals surface area contributed by atoms with Gasteiger partial charge in [-0.3, -0.25) is 9.10 Å². The largest absolute Gasteiger partial charge is 0.497 e. The molecule has 2 aromatic rings. The number of hydrogen-bond donors (Lipinski definition) is 1. The highest BCUT2D eigenvalue weighted by atomic mass is 32.2. The molecule has 1 atom stereocenters. The van der Waals surface area contributed by atoms with Crippen molar-refractivity contribution in [3.8, 4) is 5.75 Å². The molecule has 0 saturated heterocycles. The topological polar surface area (TPSA) is 75.7 Å². The molecule has 0 aromatic heterocycles. The molecule has 0 aliphatic heterocycles. The molecule has 0 unspecified atom stereocenters. The third-order valence-electron chi connectivity index (χ3n) is 5.23. The van der Waals surface area contributed by atoms with Crippen LogP contribution in [0.15, 0.2) is 48.5 Å². The highest BCUT2D eigenvalue weighted by molar-refractivity contribution is 7.92. The van der Waals surface area contributed by atoms with Gasteiger partial charge in [0.15, 0.2) is 0 Å². The van der Waals surface area contributed by atoms with Crippen LogP contribution in [0.3, 0.4) is 0 Å². The first kappa shape index (κ1) is 21.2. The number of fused-ring (bicyclic) bond motifs is 1. The number of aryl methyl sites for hydroxylation is 1. The summed E-state index contributed by atoms with van der Waals surface area (Å²) in [7, 11) is -1.88. The normalized spacial score (nSPS) is 16.0. The highest BCUT2D eigenvalue weighted by Crippen LogP contribution is 2.29. The molecule has 1 amide bonds. The lowest BCUT2D eigenvalue weighted by Gasteiger charge is -2.26. The molecule has 2 aromatic carbocycles. The molecule has 29 heavy (non-hydrogen) atoms. The van der Waals surface area contributed by atoms with Gasteiger partial charge in [-0.25, -0.2) is 8.42 Å². The van der Waals surface area contributed by atoms with Crippen LogP contribution in [0.1, 0.15) is 42.9 Å². The minimum absolute atomic E-state index is 0.0417. The summed E-state index contributed by atoms with van der Waals surface area (Å²) < 4.78 is 30.9. The van der Waals surface area contributed by atoms with Gasteiger partial charge in [-0.2, -0.15) is 0 Å². The summed E-state index contributed by atoms with van der Waals surface area (Å²) in [6, 6.07) is 15.1. The Labute approximate surface area is 172 Å². The number of sulfonamides is 1. The zero-order valence-corrected chi connectivity index (χ0v) is 17.7. The van der Waals surface area contributed by atoms with Gasteiger partial charge in [0.25, 0.3) is 0 Å². The van der Waals surface area contributed by atoms with E-state index in [4.69, 9.17) is 4.74 Å². The van der Waals surface area contributed by atoms with Gasteiger partial charge >= 0.3 is 0 Å². The molecule has 1 N–H and O–H groups in total. The second-order valence-electron chi connectivity index (χ2n) is 7.35. The Morgan fingerprint density at radius 3 is 2.59 bits per heavy atom. The maximum absolute atomic E-state index is 12.5. The monoisotopic (exact) mass is 416 g/mol. The first-order valence-electron chi connectivity index (χ1n) is 9.87. The fourth-order valence-corrected chi connectivity index (χ4v) is 4.75. The van der Waals surface area contributed by atoms with Gasteiger partial charge in [0.05, 0.1) is 25.1 Å². The van der Waals surface area contributed by atoms with Gasteiger partial charge in [-0.15, -0.1) is 0 Å². The van der Waals surface area contributed by atoms with Gasteiger partial charge in [-0.05, 0) is 61.1 Å². The van der Waals surface area contributed by atoms with Crippen LogP contribution in [0.25, 0.3) is 0 Å². The van der Waals surface area contributed by atoms with E-state index in [2.05, 4.69) is 17.4 Å². The van der Waals surface area contributed by atoms with Crippen LogP contribution in [-0.2, 0) is 21.2 Å². The van der Waals surface area contributed by atoms with Crippen LogP contribution in [0.5, 0.6) is 5.75 Å². The number of rotatable bonds is 8. The Balaban J connectivity index is 1.58. The number of benzene rings is 2.